The summed E-state index contributed by atoms with van der Waals surface area (Å²) in [6, 6.07) is 15.1. The van der Waals surface area contributed by atoms with Crippen LogP contribution >= 0.6 is 15.9 Å². The van der Waals surface area contributed by atoms with Gasteiger partial charge in [0.2, 0.25) is 21.8 Å². The molecule has 9 heteroatoms. The van der Waals surface area contributed by atoms with Gasteiger partial charge in [-0.15, -0.1) is 0 Å². The van der Waals surface area contributed by atoms with Crippen molar-refractivity contribution in [3.05, 3.63) is 64.6 Å². The molecule has 2 unspecified atom stereocenters. The quantitative estimate of drug-likeness (QED) is 0.515. The number of benzene rings is 2. The lowest BCUT2D eigenvalue weighted by molar-refractivity contribution is -0.139. The molecule has 0 saturated heterocycles. The predicted molar refractivity (Wildman–Crippen MR) is 131 cm³/mol. The van der Waals surface area contributed by atoms with E-state index < -0.39 is 28.5 Å². The summed E-state index contributed by atoms with van der Waals surface area (Å²) in [6.45, 7) is 5.27. The fourth-order valence-corrected chi connectivity index (χ4v) is 4.38. The molecule has 32 heavy (non-hydrogen) atoms. The van der Waals surface area contributed by atoms with Crippen LogP contribution in [-0.4, -0.2) is 50.0 Å². The summed E-state index contributed by atoms with van der Waals surface area (Å²) in [4.78, 5) is 27.6. The molecule has 0 aromatic heterocycles. The molecular weight excluding hydrogens is 494 g/mol. The second-order valence-corrected chi connectivity index (χ2v) is 10.6. The first-order valence-corrected chi connectivity index (χ1v) is 13.0. The Balaban J connectivity index is 2.36. The fraction of sp³-hybridized carbons (Fsp3) is 0.391. The molecule has 0 saturated carbocycles. The largest absolute Gasteiger partial charge is 0.352 e. The Morgan fingerprint density at radius 1 is 1.06 bits per heavy atom. The van der Waals surface area contributed by atoms with E-state index in [2.05, 4.69) is 21.2 Å². The summed E-state index contributed by atoms with van der Waals surface area (Å²) in [5.41, 5.74) is 1.21. The molecule has 0 fully saturated rings. The number of nitrogens with zero attached hydrogens (tertiary/aromatic N) is 2. The van der Waals surface area contributed by atoms with E-state index in [9.17, 15) is 18.0 Å². The maximum atomic E-state index is 13.4. The SMILES string of the molecule is CCC(C)NC(=O)C(C)N(Cc1cccc(Br)c1)C(=O)CN(c1ccccc1)S(C)(=O)=O. The maximum absolute atomic E-state index is 13.4. The summed E-state index contributed by atoms with van der Waals surface area (Å²) in [5, 5.41) is 2.90. The van der Waals surface area contributed by atoms with Crippen molar-refractivity contribution in [2.45, 2.75) is 45.8 Å². The summed E-state index contributed by atoms with van der Waals surface area (Å²) in [6.07, 6.45) is 1.82. The molecular formula is C23H30BrN3O4S. The van der Waals surface area contributed by atoms with Gasteiger partial charge in [-0.2, -0.15) is 0 Å². The van der Waals surface area contributed by atoms with Gasteiger partial charge in [-0.25, -0.2) is 8.42 Å². The van der Waals surface area contributed by atoms with E-state index in [0.717, 1.165) is 27.0 Å². The van der Waals surface area contributed by atoms with E-state index in [1.165, 1.54) is 4.90 Å². The monoisotopic (exact) mass is 523 g/mol. The minimum absolute atomic E-state index is 0.0374. The zero-order valence-corrected chi connectivity index (χ0v) is 21.2. The molecule has 0 heterocycles. The average molecular weight is 524 g/mol. The number of anilines is 1. The van der Waals surface area contributed by atoms with Crippen LogP contribution in [0.4, 0.5) is 5.69 Å². The van der Waals surface area contributed by atoms with Crippen molar-refractivity contribution in [2.24, 2.45) is 0 Å². The van der Waals surface area contributed by atoms with Crippen LogP contribution in [0.2, 0.25) is 0 Å². The molecule has 2 aromatic carbocycles. The lowest BCUT2D eigenvalue weighted by Crippen LogP contribution is -2.52. The number of nitrogens with one attached hydrogen (secondary N) is 1. The van der Waals surface area contributed by atoms with Gasteiger partial charge in [-0.1, -0.05) is 53.2 Å². The van der Waals surface area contributed by atoms with E-state index in [-0.39, 0.29) is 18.5 Å². The van der Waals surface area contributed by atoms with Crippen molar-refractivity contribution in [3.63, 3.8) is 0 Å². The van der Waals surface area contributed by atoms with Crippen molar-refractivity contribution in [1.82, 2.24) is 10.2 Å². The van der Waals surface area contributed by atoms with Crippen molar-refractivity contribution >= 4 is 43.5 Å². The number of hydrogen-bond acceptors (Lipinski definition) is 4. The highest BCUT2D eigenvalue weighted by Crippen LogP contribution is 2.19. The van der Waals surface area contributed by atoms with Crippen LogP contribution in [0.1, 0.15) is 32.8 Å². The molecule has 2 amide bonds. The Kier molecular flexibility index (Phi) is 9.27. The standard InChI is InChI=1S/C23H30BrN3O4S/c1-5-17(2)25-23(29)18(3)26(15-19-10-9-11-20(24)14-19)22(28)16-27(32(4,30)31)21-12-7-6-8-13-21/h6-14,17-18H,5,15-16H2,1-4H3,(H,25,29). The highest BCUT2D eigenvalue weighted by molar-refractivity contribution is 9.10. The fourth-order valence-electron chi connectivity index (χ4n) is 3.09. The highest BCUT2D eigenvalue weighted by Gasteiger charge is 2.30. The summed E-state index contributed by atoms with van der Waals surface area (Å²) >= 11 is 3.42. The van der Waals surface area contributed by atoms with Gasteiger partial charge in [0.15, 0.2) is 0 Å². The molecule has 2 aromatic rings. The molecule has 0 aliphatic heterocycles. The van der Waals surface area contributed by atoms with Crippen molar-refractivity contribution in [2.75, 3.05) is 17.1 Å². The second-order valence-electron chi connectivity index (χ2n) is 7.75. The van der Waals surface area contributed by atoms with Crippen LogP contribution in [0.15, 0.2) is 59.1 Å². The van der Waals surface area contributed by atoms with Gasteiger partial charge < -0.3 is 10.2 Å². The Labute approximate surface area is 199 Å². The number of hydrogen-bond donors (Lipinski definition) is 1. The van der Waals surface area contributed by atoms with Gasteiger partial charge in [-0.3, -0.25) is 13.9 Å². The van der Waals surface area contributed by atoms with Crippen LogP contribution in [0.5, 0.6) is 0 Å². The molecule has 0 bridgehead atoms. The Bertz CT molecular complexity index is 1030. The minimum atomic E-state index is -3.72. The third kappa shape index (κ3) is 7.34. The molecule has 7 nitrogen and oxygen atoms in total. The number of rotatable bonds is 10. The molecule has 1 N–H and O–H groups in total. The number of carbonyl (C=O) groups excluding carboxylic acids is 2. The van der Waals surface area contributed by atoms with Crippen LogP contribution in [0.25, 0.3) is 0 Å². The van der Waals surface area contributed by atoms with E-state index in [1.54, 1.807) is 37.3 Å². The number of carbonyl (C=O) groups is 2. The predicted octanol–water partition coefficient (Wildman–Crippen LogP) is 3.55. The number of para-hydroxylation sites is 1. The molecule has 0 aliphatic carbocycles. The first-order chi connectivity index (χ1) is 15.0. The van der Waals surface area contributed by atoms with Crippen molar-refractivity contribution < 1.29 is 18.0 Å². The van der Waals surface area contributed by atoms with Crippen molar-refractivity contribution in [1.29, 1.82) is 0 Å². The topological polar surface area (TPSA) is 86.8 Å². The van der Waals surface area contributed by atoms with E-state index >= 15 is 0 Å². The van der Waals surface area contributed by atoms with E-state index in [4.69, 9.17) is 0 Å². The smallest absolute Gasteiger partial charge is 0.244 e. The number of halogens is 1. The normalized spacial score (nSPS) is 13.2. The average Bonchev–Trinajstić information content (AvgIpc) is 2.74. The van der Waals surface area contributed by atoms with E-state index in [1.807, 2.05) is 38.1 Å². The third-order valence-electron chi connectivity index (χ3n) is 5.13. The van der Waals surface area contributed by atoms with Gasteiger partial charge in [0.1, 0.15) is 12.6 Å². The molecule has 0 radical (unpaired) electrons. The zero-order chi connectivity index (χ0) is 23.9. The molecule has 174 valence electrons. The Hall–Kier alpha value is -2.39. The number of amides is 2. The Morgan fingerprint density at radius 3 is 2.28 bits per heavy atom. The van der Waals surface area contributed by atoms with Gasteiger partial charge in [-0.05, 0) is 50.1 Å². The molecule has 0 spiro atoms. The Morgan fingerprint density at radius 2 is 1.72 bits per heavy atom. The highest BCUT2D eigenvalue weighted by atomic mass is 79.9. The van der Waals surface area contributed by atoms with Crippen LogP contribution < -0.4 is 9.62 Å². The summed E-state index contributed by atoms with van der Waals surface area (Å²) in [5.74, 6) is -0.751. The zero-order valence-electron chi connectivity index (χ0n) is 18.8. The molecule has 2 atom stereocenters. The van der Waals surface area contributed by atoms with Crippen LogP contribution in [0, 0.1) is 0 Å². The van der Waals surface area contributed by atoms with E-state index in [0.29, 0.717) is 5.69 Å². The van der Waals surface area contributed by atoms with Gasteiger partial charge in [0.05, 0.1) is 11.9 Å². The first-order valence-electron chi connectivity index (χ1n) is 10.4. The van der Waals surface area contributed by atoms with Gasteiger partial charge in [0, 0.05) is 17.1 Å². The minimum Gasteiger partial charge on any atom is -0.352 e. The third-order valence-corrected chi connectivity index (χ3v) is 6.77. The van der Waals surface area contributed by atoms with Gasteiger partial charge >= 0.3 is 0 Å². The summed E-state index contributed by atoms with van der Waals surface area (Å²) < 4.78 is 26.8. The summed E-state index contributed by atoms with van der Waals surface area (Å²) in [7, 11) is -3.72. The van der Waals surface area contributed by atoms with Crippen LogP contribution in [-0.2, 0) is 26.2 Å². The lowest BCUT2D eigenvalue weighted by atomic mass is 10.1. The molecule has 2 rings (SSSR count). The first kappa shape index (κ1) is 25.9. The maximum Gasteiger partial charge on any atom is 0.244 e. The van der Waals surface area contributed by atoms with Gasteiger partial charge in [0.25, 0.3) is 0 Å². The van der Waals surface area contributed by atoms with Crippen molar-refractivity contribution in [3.8, 4) is 0 Å². The van der Waals surface area contributed by atoms with Crippen LogP contribution in [0.3, 0.4) is 0 Å². The number of sulfonamides is 1. The molecule has 0 aliphatic rings. The lowest BCUT2D eigenvalue weighted by Gasteiger charge is -2.32. The second kappa shape index (κ2) is 11.5.